The van der Waals surface area contributed by atoms with Gasteiger partial charge in [0.25, 0.3) is 0 Å². The molecule has 102 valence electrons. The van der Waals surface area contributed by atoms with Gasteiger partial charge < -0.3 is 15.8 Å². The highest BCUT2D eigenvalue weighted by Gasteiger charge is 2.11. The number of ether oxygens (including phenoxy) is 1. The zero-order valence-corrected chi connectivity index (χ0v) is 12.3. The van der Waals surface area contributed by atoms with Crippen molar-refractivity contribution in [3.8, 4) is 0 Å². The molecule has 1 amide bonds. The lowest BCUT2D eigenvalue weighted by Crippen LogP contribution is -2.24. The zero-order chi connectivity index (χ0) is 13.5. The third-order valence-corrected chi connectivity index (χ3v) is 3.38. The first kappa shape index (κ1) is 15.1. The molecule has 0 spiro atoms. The van der Waals surface area contributed by atoms with Crippen molar-refractivity contribution in [2.24, 2.45) is 12.8 Å². The molecule has 0 bridgehead atoms. The Hall–Kier alpha value is -0.920. The fourth-order valence-electron chi connectivity index (χ4n) is 1.54. The highest BCUT2D eigenvalue weighted by molar-refractivity contribution is 9.10. The second kappa shape index (κ2) is 7.50. The first-order valence-corrected chi connectivity index (χ1v) is 6.62. The van der Waals surface area contributed by atoms with Gasteiger partial charge >= 0.3 is 0 Å². The molecule has 0 radical (unpaired) electrons. The summed E-state index contributed by atoms with van der Waals surface area (Å²) in [5, 5.41) is 7.63. The van der Waals surface area contributed by atoms with Crippen LogP contribution in [-0.4, -0.2) is 35.4 Å². The lowest BCUT2D eigenvalue weighted by molar-refractivity contribution is -0.122. The zero-order valence-electron chi connectivity index (χ0n) is 10.7. The minimum atomic E-state index is -0.447. The molecule has 1 rings (SSSR count). The van der Waals surface area contributed by atoms with Crippen LogP contribution in [0, 0.1) is 0 Å². The Kier molecular flexibility index (Phi) is 6.31. The number of aryl methyl sites for hydroxylation is 2. The molecule has 0 atom stereocenters. The molecule has 0 aliphatic rings. The molecule has 0 fully saturated rings. The van der Waals surface area contributed by atoms with E-state index in [1.165, 1.54) is 0 Å². The molecule has 1 aromatic rings. The smallest absolute Gasteiger partial charge is 0.243 e. The molecule has 18 heavy (non-hydrogen) atoms. The van der Waals surface area contributed by atoms with Gasteiger partial charge in [-0.1, -0.05) is 6.92 Å². The van der Waals surface area contributed by atoms with E-state index in [-0.39, 0.29) is 6.61 Å². The van der Waals surface area contributed by atoms with Gasteiger partial charge in [0, 0.05) is 20.1 Å². The quantitative estimate of drug-likeness (QED) is 0.677. The second-order valence-corrected chi connectivity index (χ2v) is 4.67. The van der Waals surface area contributed by atoms with Crippen LogP contribution in [-0.2, 0) is 29.5 Å². The summed E-state index contributed by atoms with van der Waals surface area (Å²) in [7, 11) is 1.92. The molecule has 7 heteroatoms. The topological polar surface area (TPSA) is 82.2 Å². The summed E-state index contributed by atoms with van der Waals surface area (Å²) >= 11 is 3.55. The van der Waals surface area contributed by atoms with Gasteiger partial charge in [-0.3, -0.25) is 9.48 Å². The first-order valence-electron chi connectivity index (χ1n) is 5.83. The van der Waals surface area contributed by atoms with Crippen LogP contribution in [0.5, 0.6) is 0 Å². The van der Waals surface area contributed by atoms with E-state index in [9.17, 15) is 4.79 Å². The normalized spacial score (nSPS) is 10.8. The van der Waals surface area contributed by atoms with E-state index in [1.54, 1.807) is 0 Å². The number of rotatable bonds is 8. The molecule has 0 saturated heterocycles. The van der Waals surface area contributed by atoms with Crippen LogP contribution in [0.15, 0.2) is 4.47 Å². The van der Waals surface area contributed by atoms with Gasteiger partial charge in [-0.05, 0) is 22.4 Å². The molecular formula is C11H19BrN4O2. The van der Waals surface area contributed by atoms with E-state index in [2.05, 4.69) is 33.3 Å². The van der Waals surface area contributed by atoms with Crippen molar-refractivity contribution in [3.05, 3.63) is 15.9 Å². The Morgan fingerprint density at radius 1 is 1.61 bits per heavy atom. The molecule has 0 aliphatic heterocycles. The van der Waals surface area contributed by atoms with Crippen LogP contribution >= 0.6 is 15.9 Å². The minimum absolute atomic E-state index is 0.0307. The summed E-state index contributed by atoms with van der Waals surface area (Å²) in [5.74, 6) is -0.447. The fraction of sp³-hybridized carbons (Fsp3) is 0.636. The standard InChI is InChI=1S/C11H19BrN4O2/c1-3-8-11(12)9(16(2)15-8)6-14-4-5-18-7-10(13)17/h14H,3-7H2,1-2H3,(H2,13,17). The summed E-state index contributed by atoms with van der Waals surface area (Å²) in [4.78, 5) is 10.4. The minimum Gasteiger partial charge on any atom is -0.370 e. The number of hydrogen-bond acceptors (Lipinski definition) is 4. The number of nitrogens with one attached hydrogen (secondary N) is 1. The maximum Gasteiger partial charge on any atom is 0.243 e. The molecule has 6 nitrogen and oxygen atoms in total. The van der Waals surface area contributed by atoms with Crippen molar-refractivity contribution in [2.45, 2.75) is 19.9 Å². The van der Waals surface area contributed by atoms with Crippen molar-refractivity contribution in [1.29, 1.82) is 0 Å². The number of hydrogen-bond donors (Lipinski definition) is 2. The lowest BCUT2D eigenvalue weighted by atomic mass is 10.3. The molecule has 0 unspecified atom stereocenters. The van der Waals surface area contributed by atoms with E-state index in [1.807, 2.05) is 11.7 Å². The van der Waals surface area contributed by atoms with Crippen molar-refractivity contribution in [2.75, 3.05) is 19.8 Å². The number of carbonyl (C=O) groups excluding carboxylic acids is 1. The van der Waals surface area contributed by atoms with Gasteiger partial charge in [-0.2, -0.15) is 5.10 Å². The summed E-state index contributed by atoms with van der Waals surface area (Å²) in [5.41, 5.74) is 7.11. The molecular weight excluding hydrogens is 300 g/mol. The molecule has 3 N–H and O–H groups in total. The second-order valence-electron chi connectivity index (χ2n) is 3.88. The van der Waals surface area contributed by atoms with Crippen LogP contribution in [0.1, 0.15) is 18.3 Å². The van der Waals surface area contributed by atoms with Gasteiger partial charge in [0.1, 0.15) is 6.61 Å². The Balaban J connectivity index is 2.31. The molecule has 1 heterocycles. The summed E-state index contributed by atoms with van der Waals surface area (Å²) in [6.45, 7) is 3.86. The Bertz CT molecular complexity index is 406. The van der Waals surface area contributed by atoms with Crippen LogP contribution in [0.2, 0.25) is 0 Å². The van der Waals surface area contributed by atoms with Gasteiger partial charge in [-0.25, -0.2) is 0 Å². The third kappa shape index (κ3) is 4.40. The predicted octanol–water partition coefficient (Wildman–Crippen LogP) is 0.337. The van der Waals surface area contributed by atoms with Crippen LogP contribution in [0.25, 0.3) is 0 Å². The van der Waals surface area contributed by atoms with Crippen molar-refractivity contribution in [1.82, 2.24) is 15.1 Å². The first-order chi connectivity index (χ1) is 8.56. The van der Waals surface area contributed by atoms with E-state index in [4.69, 9.17) is 10.5 Å². The highest BCUT2D eigenvalue weighted by Crippen LogP contribution is 2.21. The van der Waals surface area contributed by atoms with E-state index in [0.717, 1.165) is 22.3 Å². The number of halogens is 1. The molecule has 0 aromatic carbocycles. The number of nitrogens with two attached hydrogens (primary N) is 1. The summed E-state index contributed by atoms with van der Waals surface area (Å²) < 4.78 is 7.96. The Labute approximate surface area is 115 Å². The van der Waals surface area contributed by atoms with Gasteiger partial charge in [-0.15, -0.1) is 0 Å². The largest absolute Gasteiger partial charge is 0.370 e. The van der Waals surface area contributed by atoms with Crippen molar-refractivity contribution < 1.29 is 9.53 Å². The molecule has 0 saturated carbocycles. The van der Waals surface area contributed by atoms with Crippen LogP contribution < -0.4 is 11.1 Å². The van der Waals surface area contributed by atoms with Gasteiger partial charge in [0.05, 0.1) is 22.5 Å². The number of carbonyl (C=O) groups is 1. The fourth-order valence-corrected chi connectivity index (χ4v) is 2.29. The van der Waals surface area contributed by atoms with Crippen molar-refractivity contribution in [3.63, 3.8) is 0 Å². The number of primary amides is 1. The molecule has 1 aromatic heterocycles. The van der Waals surface area contributed by atoms with E-state index >= 15 is 0 Å². The molecule has 0 aliphatic carbocycles. The Morgan fingerprint density at radius 2 is 2.33 bits per heavy atom. The average molecular weight is 319 g/mol. The SMILES string of the molecule is CCc1nn(C)c(CNCCOCC(N)=O)c1Br. The predicted molar refractivity (Wildman–Crippen MR) is 72.0 cm³/mol. The summed E-state index contributed by atoms with van der Waals surface area (Å²) in [6, 6.07) is 0. The number of nitrogens with zero attached hydrogens (tertiary/aromatic N) is 2. The maximum absolute atomic E-state index is 10.4. The average Bonchev–Trinajstić information content (AvgIpc) is 2.59. The monoisotopic (exact) mass is 318 g/mol. The number of amides is 1. The highest BCUT2D eigenvalue weighted by atomic mass is 79.9. The van der Waals surface area contributed by atoms with E-state index in [0.29, 0.717) is 19.7 Å². The lowest BCUT2D eigenvalue weighted by Gasteiger charge is -2.06. The van der Waals surface area contributed by atoms with Gasteiger partial charge in [0.15, 0.2) is 0 Å². The van der Waals surface area contributed by atoms with Crippen molar-refractivity contribution >= 4 is 21.8 Å². The third-order valence-electron chi connectivity index (χ3n) is 2.46. The van der Waals surface area contributed by atoms with Crippen LogP contribution in [0.3, 0.4) is 0 Å². The van der Waals surface area contributed by atoms with Crippen LogP contribution in [0.4, 0.5) is 0 Å². The Morgan fingerprint density at radius 3 is 2.89 bits per heavy atom. The van der Waals surface area contributed by atoms with Gasteiger partial charge in [0.2, 0.25) is 5.91 Å². The van der Waals surface area contributed by atoms with E-state index < -0.39 is 5.91 Å². The maximum atomic E-state index is 10.4. The summed E-state index contributed by atoms with van der Waals surface area (Å²) in [6.07, 6.45) is 0.899. The number of aromatic nitrogens is 2.